The number of nitrogens with one attached hydrogen (secondary N) is 1. The minimum Gasteiger partial charge on any atom is -0.456 e. The second kappa shape index (κ2) is 11.2. The number of rotatable bonds is 4. The van der Waals surface area contributed by atoms with Crippen LogP contribution >= 0.6 is 0 Å². The molecule has 11 rings (SSSR count). The predicted molar refractivity (Wildman–Crippen MR) is 225 cm³/mol. The molecule has 0 saturated heterocycles. The summed E-state index contributed by atoms with van der Waals surface area (Å²) in [5.74, 6) is 0. The Kier molecular flexibility index (Phi) is 6.39. The first-order chi connectivity index (χ1) is 26.0. The van der Waals surface area contributed by atoms with Crippen LogP contribution in [0.15, 0.2) is 168 Å². The first-order valence-corrected chi connectivity index (χ1v) is 18.5. The Morgan fingerprint density at radius 2 is 1.30 bits per heavy atom. The molecule has 9 aromatic rings. The van der Waals surface area contributed by atoms with Gasteiger partial charge < -0.3 is 14.6 Å². The molecule has 0 bridgehead atoms. The molecule has 0 saturated carbocycles. The van der Waals surface area contributed by atoms with Crippen LogP contribution in [0.4, 0.5) is 28.4 Å². The van der Waals surface area contributed by atoms with Gasteiger partial charge in [0.1, 0.15) is 11.2 Å². The monoisotopic (exact) mass is 678 g/mol. The minimum atomic E-state index is -0.124. The molecular weight excluding hydrogens is 643 g/mol. The van der Waals surface area contributed by atoms with Crippen molar-refractivity contribution in [1.82, 2.24) is 0 Å². The Hall–Kier alpha value is -6.52. The van der Waals surface area contributed by atoms with Crippen LogP contribution in [0.25, 0.3) is 55.0 Å². The Morgan fingerprint density at radius 1 is 0.566 bits per heavy atom. The summed E-state index contributed by atoms with van der Waals surface area (Å²) < 4.78 is 6.33. The van der Waals surface area contributed by atoms with Gasteiger partial charge in [0.05, 0.1) is 16.8 Å². The molecule has 250 valence electrons. The van der Waals surface area contributed by atoms with E-state index in [0.717, 1.165) is 40.6 Å². The molecule has 1 aromatic heterocycles. The van der Waals surface area contributed by atoms with Gasteiger partial charge in [0.25, 0.3) is 0 Å². The molecular formula is C49H35BN2O. The molecule has 0 unspecified atom stereocenters. The topological polar surface area (TPSA) is 28.4 Å². The molecule has 1 N–H and O–H groups in total. The molecule has 0 amide bonds. The third-order valence-corrected chi connectivity index (χ3v) is 11.6. The number of hydrogen-bond donors (Lipinski definition) is 1. The number of para-hydroxylation sites is 3. The summed E-state index contributed by atoms with van der Waals surface area (Å²) in [5, 5.41) is 8.60. The predicted octanol–water partition coefficient (Wildman–Crippen LogP) is 11.6. The standard InChI is InChI=1S/C49H35BN2O/c1-49(2)36-19-9-10-23-41(36)52-42-29-32(30-14-4-3-5-15-30)28-35(47(42)50-38-21-12-20-37(49)48(38)52)45-33-17-7-6-16-31(33)26-27-40(45)51-39-22-13-25-44-46(39)34-18-8-11-24-43(34)53-44/h3-29,50-51H,1-2H3. The SMILES string of the molecule is CC1(C)c2ccccc2N2c3cc(-c4ccccc4)cc(-c4c(Nc5cccc6oc7ccccc7c56)ccc5ccccc45)c3Bc3cccc1c32. The van der Waals surface area contributed by atoms with Crippen LogP contribution in [0.1, 0.15) is 25.0 Å². The van der Waals surface area contributed by atoms with Gasteiger partial charge in [0, 0.05) is 33.4 Å². The maximum absolute atomic E-state index is 6.33. The van der Waals surface area contributed by atoms with Crippen LogP contribution in [0.3, 0.4) is 0 Å². The summed E-state index contributed by atoms with van der Waals surface area (Å²) >= 11 is 0. The molecule has 3 nitrogen and oxygen atoms in total. The van der Waals surface area contributed by atoms with E-state index in [0.29, 0.717) is 0 Å². The lowest BCUT2D eigenvalue weighted by Gasteiger charge is -2.46. The van der Waals surface area contributed by atoms with Gasteiger partial charge in [-0.05, 0) is 86.5 Å². The summed E-state index contributed by atoms with van der Waals surface area (Å²) in [4.78, 5) is 2.57. The van der Waals surface area contributed by atoms with E-state index in [1.165, 1.54) is 72.1 Å². The smallest absolute Gasteiger partial charge is 0.198 e. The van der Waals surface area contributed by atoms with E-state index in [1.807, 2.05) is 12.1 Å². The Balaban J connectivity index is 1.22. The van der Waals surface area contributed by atoms with Gasteiger partial charge in [0.15, 0.2) is 7.28 Å². The second-order valence-electron chi connectivity index (χ2n) is 15.0. The van der Waals surface area contributed by atoms with Crippen molar-refractivity contribution in [1.29, 1.82) is 0 Å². The lowest BCUT2D eigenvalue weighted by atomic mass is 9.55. The third-order valence-electron chi connectivity index (χ3n) is 11.6. The second-order valence-corrected chi connectivity index (χ2v) is 15.0. The van der Waals surface area contributed by atoms with Crippen molar-refractivity contribution >= 4 is 79.4 Å². The van der Waals surface area contributed by atoms with Crippen LogP contribution in [-0.2, 0) is 5.41 Å². The molecule has 0 atom stereocenters. The number of furan rings is 1. The average molecular weight is 679 g/mol. The molecule has 0 radical (unpaired) electrons. The zero-order chi connectivity index (χ0) is 35.3. The van der Waals surface area contributed by atoms with Crippen molar-refractivity contribution < 1.29 is 4.42 Å². The van der Waals surface area contributed by atoms with Crippen molar-refractivity contribution in [3.63, 3.8) is 0 Å². The fourth-order valence-electron chi connectivity index (χ4n) is 9.16. The number of anilines is 5. The molecule has 2 aliphatic rings. The largest absolute Gasteiger partial charge is 0.456 e. The van der Waals surface area contributed by atoms with E-state index in [-0.39, 0.29) is 5.41 Å². The highest BCUT2D eigenvalue weighted by Crippen LogP contribution is 2.53. The van der Waals surface area contributed by atoms with Gasteiger partial charge in [-0.25, -0.2) is 0 Å². The van der Waals surface area contributed by atoms with Crippen molar-refractivity contribution in [2.24, 2.45) is 0 Å². The lowest BCUT2D eigenvalue weighted by Crippen LogP contribution is -2.45. The van der Waals surface area contributed by atoms with Gasteiger partial charge >= 0.3 is 0 Å². The van der Waals surface area contributed by atoms with E-state index < -0.39 is 0 Å². The van der Waals surface area contributed by atoms with Gasteiger partial charge in [-0.3, -0.25) is 0 Å². The maximum atomic E-state index is 6.33. The summed E-state index contributed by atoms with van der Waals surface area (Å²) in [6.07, 6.45) is 0. The minimum absolute atomic E-state index is 0.124. The normalized spacial score (nSPS) is 13.7. The van der Waals surface area contributed by atoms with Crippen LogP contribution in [-0.4, -0.2) is 7.28 Å². The first kappa shape index (κ1) is 30.1. The summed E-state index contributed by atoms with van der Waals surface area (Å²) in [6.45, 7) is 4.75. The fourth-order valence-corrected chi connectivity index (χ4v) is 9.16. The molecule has 53 heavy (non-hydrogen) atoms. The van der Waals surface area contributed by atoms with Crippen LogP contribution < -0.4 is 21.1 Å². The van der Waals surface area contributed by atoms with Crippen LogP contribution in [0.2, 0.25) is 0 Å². The van der Waals surface area contributed by atoms with Crippen LogP contribution in [0, 0.1) is 0 Å². The molecule has 0 aliphatic carbocycles. The lowest BCUT2D eigenvalue weighted by molar-refractivity contribution is 0.632. The maximum Gasteiger partial charge on any atom is 0.198 e. The summed E-state index contributed by atoms with van der Waals surface area (Å²) in [5.41, 5.74) is 17.8. The summed E-state index contributed by atoms with van der Waals surface area (Å²) in [6, 6.07) is 59.5. The highest BCUT2D eigenvalue weighted by atomic mass is 16.3. The Morgan fingerprint density at radius 3 is 2.21 bits per heavy atom. The average Bonchev–Trinajstić information content (AvgIpc) is 3.59. The zero-order valence-electron chi connectivity index (χ0n) is 29.7. The first-order valence-electron chi connectivity index (χ1n) is 18.5. The van der Waals surface area contributed by atoms with Gasteiger partial charge in [0.2, 0.25) is 0 Å². The third kappa shape index (κ3) is 4.42. The van der Waals surface area contributed by atoms with Gasteiger partial charge in [-0.15, -0.1) is 0 Å². The van der Waals surface area contributed by atoms with E-state index in [1.54, 1.807) is 0 Å². The summed E-state index contributed by atoms with van der Waals surface area (Å²) in [7, 11) is 0.836. The quantitative estimate of drug-likeness (QED) is 0.188. The highest BCUT2D eigenvalue weighted by molar-refractivity contribution is 6.73. The van der Waals surface area contributed by atoms with Gasteiger partial charge in [-0.1, -0.05) is 141 Å². The van der Waals surface area contributed by atoms with Crippen molar-refractivity contribution in [2.75, 3.05) is 10.2 Å². The van der Waals surface area contributed by atoms with Crippen molar-refractivity contribution in [2.45, 2.75) is 19.3 Å². The van der Waals surface area contributed by atoms with Crippen LogP contribution in [0.5, 0.6) is 0 Å². The number of nitrogens with zero attached hydrogens (tertiary/aromatic N) is 1. The van der Waals surface area contributed by atoms with Crippen molar-refractivity contribution in [3.8, 4) is 22.3 Å². The molecule has 0 fully saturated rings. The number of fused-ring (bicyclic) bond motifs is 8. The number of benzene rings is 8. The van der Waals surface area contributed by atoms with E-state index >= 15 is 0 Å². The van der Waals surface area contributed by atoms with Gasteiger partial charge in [-0.2, -0.15) is 0 Å². The molecule has 8 aromatic carbocycles. The van der Waals surface area contributed by atoms with E-state index in [2.05, 4.69) is 176 Å². The molecule has 3 heterocycles. The Labute approximate surface area is 309 Å². The van der Waals surface area contributed by atoms with Crippen molar-refractivity contribution in [3.05, 3.63) is 175 Å². The van der Waals surface area contributed by atoms with E-state index in [9.17, 15) is 0 Å². The van der Waals surface area contributed by atoms with E-state index in [4.69, 9.17) is 4.42 Å². The fraction of sp³-hybridized carbons (Fsp3) is 0.0612. The molecule has 4 heteroatoms. The highest BCUT2D eigenvalue weighted by Gasteiger charge is 2.41. The zero-order valence-corrected chi connectivity index (χ0v) is 29.7. The number of hydrogen-bond acceptors (Lipinski definition) is 3. The molecule has 0 spiro atoms. The molecule has 2 aliphatic heterocycles. The Bertz CT molecular complexity index is 2940.